The Labute approximate surface area is 85.5 Å². The van der Waals surface area contributed by atoms with E-state index in [1.165, 1.54) is 37.1 Å². The number of rotatable bonds is 3. The first kappa shape index (κ1) is 9.56. The van der Waals surface area contributed by atoms with Crippen LogP contribution in [0, 0.1) is 0 Å². The van der Waals surface area contributed by atoms with Crippen LogP contribution < -0.4 is 5.32 Å². The minimum absolute atomic E-state index is 0.685. The highest BCUT2D eigenvalue weighted by atomic mass is 15.3. The van der Waals surface area contributed by atoms with Gasteiger partial charge >= 0.3 is 0 Å². The van der Waals surface area contributed by atoms with Gasteiger partial charge in [0.25, 0.3) is 0 Å². The fourth-order valence-corrected chi connectivity index (χ4v) is 2.21. The SMILES string of the molecule is CCc1nn(C)cc1NC1CCCC1. The molecule has 0 unspecified atom stereocenters. The number of anilines is 1. The molecular weight excluding hydrogens is 174 g/mol. The lowest BCUT2D eigenvalue weighted by atomic mass is 10.2. The van der Waals surface area contributed by atoms with Gasteiger partial charge in [0, 0.05) is 19.3 Å². The maximum atomic E-state index is 4.43. The number of nitrogens with one attached hydrogen (secondary N) is 1. The Morgan fingerprint density at radius 2 is 2.21 bits per heavy atom. The van der Waals surface area contributed by atoms with E-state index in [2.05, 4.69) is 23.5 Å². The predicted molar refractivity (Wildman–Crippen MR) is 58.5 cm³/mol. The predicted octanol–water partition coefficient (Wildman–Crippen LogP) is 2.34. The summed E-state index contributed by atoms with van der Waals surface area (Å²) < 4.78 is 1.90. The molecule has 0 atom stereocenters. The Balaban J connectivity index is 2.06. The summed E-state index contributed by atoms with van der Waals surface area (Å²) in [5, 5.41) is 8.02. The van der Waals surface area contributed by atoms with Crippen molar-refractivity contribution < 1.29 is 0 Å². The molecule has 78 valence electrons. The van der Waals surface area contributed by atoms with Crippen molar-refractivity contribution in [2.75, 3.05) is 5.32 Å². The molecule has 0 saturated heterocycles. The van der Waals surface area contributed by atoms with E-state index < -0.39 is 0 Å². The van der Waals surface area contributed by atoms with Crippen molar-refractivity contribution in [3.05, 3.63) is 11.9 Å². The lowest BCUT2D eigenvalue weighted by Gasteiger charge is -2.12. The molecule has 14 heavy (non-hydrogen) atoms. The van der Waals surface area contributed by atoms with Crippen LogP contribution >= 0.6 is 0 Å². The summed E-state index contributed by atoms with van der Waals surface area (Å²) in [5.41, 5.74) is 2.43. The molecule has 1 fully saturated rings. The van der Waals surface area contributed by atoms with E-state index in [1.54, 1.807) is 0 Å². The molecule has 1 aromatic rings. The Bertz CT molecular complexity index is 297. The maximum absolute atomic E-state index is 4.43. The summed E-state index contributed by atoms with van der Waals surface area (Å²) in [4.78, 5) is 0. The van der Waals surface area contributed by atoms with Gasteiger partial charge in [-0.25, -0.2) is 0 Å². The van der Waals surface area contributed by atoms with Crippen molar-refractivity contribution in [1.82, 2.24) is 9.78 Å². The second-order valence-electron chi connectivity index (χ2n) is 4.14. The monoisotopic (exact) mass is 193 g/mol. The van der Waals surface area contributed by atoms with Gasteiger partial charge < -0.3 is 5.32 Å². The number of hydrogen-bond donors (Lipinski definition) is 1. The Morgan fingerprint density at radius 1 is 1.50 bits per heavy atom. The molecule has 1 aromatic heterocycles. The molecule has 2 rings (SSSR count). The Hall–Kier alpha value is -0.990. The molecule has 0 amide bonds. The Kier molecular flexibility index (Phi) is 2.75. The summed E-state index contributed by atoms with van der Waals surface area (Å²) in [7, 11) is 1.99. The quantitative estimate of drug-likeness (QED) is 0.798. The third kappa shape index (κ3) is 1.91. The summed E-state index contributed by atoms with van der Waals surface area (Å²) in [6.07, 6.45) is 8.49. The zero-order chi connectivity index (χ0) is 9.97. The molecule has 0 spiro atoms. The topological polar surface area (TPSA) is 29.9 Å². The third-order valence-corrected chi connectivity index (χ3v) is 2.95. The molecule has 0 aromatic carbocycles. The highest BCUT2D eigenvalue weighted by Gasteiger charge is 2.16. The fourth-order valence-electron chi connectivity index (χ4n) is 2.21. The van der Waals surface area contributed by atoms with Gasteiger partial charge in [-0.05, 0) is 19.3 Å². The zero-order valence-corrected chi connectivity index (χ0v) is 9.08. The highest BCUT2D eigenvalue weighted by molar-refractivity contribution is 5.47. The molecular formula is C11H19N3. The van der Waals surface area contributed by atoms with E-state index in [0.29, 0.717) is 6.04 Å². The van der Waals surface area contributed by atoms with Gasteiger partial charge in [-0.2, -0.15) is 5.10 Å². The van der Waals surface area contributed by atoms with Crippen LogP contribution in [-0.2, 0) is 13.5 Å². The number of hydrogen-bond acceptors (Lipinski definition) is 2. The number of nitrogens with zero attached hydrogens (tertiary/aromatic N) is 2. The molecule has 1 aliphatic rings. The molecule has 3 heteroatoms. The van der Waals surface area contributed by atoms with E-state index in [-0.39, 0.29) is 0 Å². The van der Waals surface area contributed by atoms with E-state index in [1.807, 2.05) is 11.7 Å². The number of aryl methyl sites for hydroxylation is 2. The van der Waals surface area contributed by atoms with Crippen LogP contribution in [0.1, 0.15) is 38.3 Å². The highest BCUT2D eigenvalue weighted by Crippen LogP contribution is 2.23. The molecule has 0 bridgehead atoms. The van der Waals surface area contributed by atoms with Crippen LogP contribution in [0.5, 0.6) is 0 Å². The molecule has 1 aliphatic carbocycles. The molecule has 3 nitrogen and oxygen atoms in total. The Morgan fingerprint density at radius 3 is 2.86 bits per heavy atom. The minimum atomic E-state index is 0.685. The summed E-state index contributed by atoms with van der Waals surface area (Å²) in [6, 6.07) is 0.685. The van der Waals surface area contributed by atoms with Crippen LogP contribution in [0.2, 0.25) is 0 Å². The first-order valence-electron chi connectivity index (χ1n) is 5.58. The van der Waals surface area contributed by atoms with E-state index in [9.17, 15) is 0 Å². The first-order chi connectivity index (χ1) is 6.79. The zero-order valence-electron chi connectivity index (χ0n) is 9.08. The normalized spacial score (nSPS) is 17.6. The van der Waals surface area contributed by atoms with Gasteiger partial charge in [-0.3, -0.25) is 4.68 Å². The second-order valence-corrected chi connectivity index (χ2v) is 4.14. The molecule has 1 heterocycles. The molecule has 1 saturated carbocycles. The minimum Gasteiger partial charge on any atom is -0.380 e. The van der Waals surface area contributed by atoms with Crippen molar-refractivity contribution in [2.45, 2.75) is 45.1 Å². The van der Waals surface area contributed by atoms with Gasteiger partial charge in [0.05, 0.1) is 11.4 Å². The summed E-state index contributed by atoms with van der Waals surface area (Å²) in [6.45, 7) is 2.15. The van der Waals surface area contributed by atoms with Gasteiger partial charge in [0.1, 0.15) is 0 Å². The van der Waals surface area contributed by atoms with Crippen molar-refractivity contribution in [3.8, 4) is 0 Å². The lowest BCUT2D eigenvalue weighted by Crippen LogP contribution is -2.14. The fraction of sp³-hybridized carbons (Fsp3) is 0.727. The largest absolute Gasteiger partial charge is 0.380 e. The smallest absolute Gasteiger partial charge is 0.0853 e. The van der Waals surface area contributed by atoms with E-state index in [4.69, 9.17) is 0 Å². The summed E-state index contributed by atoms with van der Waals surface area (Å²) in [5.74, 6) is 0. The van der Waals surface area contributed by atoms with Crippen molar-refractivity contribution >= 4 is 5.69 Å². The van der Waals surface area contributed by atoms with Gasteiger partial charge in [0.15, 0.2) is 0 Å². The van der Waals surface area contributed by atoms with Crippen LogP contribution in [0.15, 0.2) is 6.20 Å². The lowest BCUT2D eigenvalue weighted by molar-refractivity contribution is 0.746. The van der Waals surface area contributed by atoms with E-state index >= 15 is 0 Å². The molecule has 1 N–H and O–H groups in total. The van der Waals surface area contributed by atoms with Crippen molar-refractivity contribution in [3.63, 3.8) is 0 Å². The average Bonchev–Trinajstić information content (AvgIpc) is 2.76. The second kappa shape index (κ2) is 4.03. The van der Waals surface area contributed by atoms with Crippen LogP contribution in [0.25, 0.3) is 0 Å². The van der Waals surface area contributed by atoms with Crippen LogP contribution in [0.3, 0.4) is 0 Å². The van der Waals surface area contributed by atoms with Crippen molar-refractivity contribution in [1.29, 1.82) is 0 Å². The number of aromatic nitrogens is 2. The molecule has 0 aliphatic heterocycles. The first-order valence-corrected chi connectivity index (χ1v) is 5.58. The van der Waals surface area contributed by atoms with Crippen molar-refractivity contribution in [2.24, 2.45) is 7.05 Å². The van der Waals surface area contributed by atoms with Crippen LogP contribution in [-0.4, -0.2) is 15.8 Å². The van der Waals surface area contributed by atoms with Gasteiger partial charge in [-0.1, -0.05) is 19.8 Å². The maximum Gasteiger partial charge on any atom is 0.0853 e. The average molecular weight is 193 g/mol. The summed E-state index contributed by atoms with van der Waals surface area (Å²) >= 11 is 0. The molecule has 0 radical (unpaired) electrons. The van der Waals surface area contributed by atoms with Crippen LogP contribution in [0.4, 0.5) is 5.69 Å². The van der Waals surface area contributed by atoms with E-state index in [0.717, 1.165) is 6.42 Å². The third-order valence-electron chi connectivity index (χ3n) is 2.95. The standard InChI is InChI=1S/C11H19N3/c1-3-10-11(8-14(2)13-10)12-9-6-4-5-7-9/h8-9,12H,3-7H2,1-2H3. The van der Waals surface area contributed by atoms with Gasteiger partial charge in [-0.15, -0.1) is 0 Å². The van der Waals surface area contributed by atoms with Gasteiger partial charge in [0.2, 0.25) is 0 Å².